The van der Waals surface area contributed by atoms with Gasteiger partial charge in [-0.25, -0.2) is 4.79 Å². The zero-order valence-corrected chi connectivity index (χ0v) is 11.8. The monoisotopic (exact) mass is 283 g/mol. The summed E-state index contributed by atoms with van der Waals surface area (Å²) in [6.45, 7) is 2.29. The van der Waals surface area contributed by atoms with Crippen molar-refractivity contribution in [2.45, 2.75) is 6.10 Å². The summed E-state index contributed by atoms with van der Waals surface area (Å²) < 4.78 is 15.7. The third kappa shape index (κ3) is 6.01. The van der Waals surface area contributed by atoms with Crippen molar-refractivity contribution in [2.24, 2.45) is 0 Å². The molecule has 0 spiro atoms. The standard InChI is InChI=1S/C14H21NO5/c1-18-10-13(19-2)9-15-6-7-20-12-5-3-4-11(8-12)14(16)17/h3-5,8,13,15H,6-7,9-10H2,1-2H3,(H,16,17). The van der Waals surface area contributed by atoms with Crippen LogP contribution in [0.2, 0.25) is 0 Å². The molecule has 0 aliphatic heterocycles. The first-order valence-electron chi connectivity index (χ1n) is 6.36. The highest BCUT2D eigenvalue weighted by molar-refractivity contribution is 5.87. The van der Waals surface area contributed by atoms with Crippen LogP contribution in [0.15, 0.2) is 24.3 Å². The number of methoxy groups -OCH3 is 2. The Hall–Kier alpha value is -1.63. The second-order valence-corrected chi connectivity index (χ2v) is 4.20. The lowest BCUT2D eigenvalue weighted by molar-refractivity contribution is 0.0286. The molecule has 2 N–H and O–H groups in total. The molecule has 0 aromatic heterocycles. The van der Waals surface area contributed by atoms with Crippen molar-refractivity contribution in [3.8, 4) is 5.75 Å². The third-order valence-electron chi connectivity index (χ3n) is 2.69. The van der Waals surface area contributed by atoms with Gasteiger partial charge in [-0.15, -0.1) is 0 Å². The van der Waals surface area contributed by atoms with Crippen molar-refractivity contribution >= 4 is 5.97 Å². The Kier molecular flexibility index (Phi) is 7.64. The van der Waals surface area contributed by atoms with Crippen molar-refractivity contribution < 1.29 is 24.1 Å². The molecule has 0 aliphatic carbocycles. The van der Waals surface area contributed by atoms with Gasteiger partial charge in [0.1, 0.15) is 12.4 Å². The number of hydrogen-bond acceptors (Lipinski definition) is 5. The summed E-state index contributed by atoms with van der Waals surface area (Å²) in [4.78, 5) is 10.8. The quantitative estimate of drug-likeness (QED) is 0.624. The molecule has 0 radical (unpaired) electrons. The summed E-state index contributed by atoms with van der Waals surface area (Å²) >= 11 is 0. The van der Waals surface area contributed by atoms with Gasteiger partial charge in [-0.2, -0.15) is 0 Å². The van der Waals surface area contributed by atoms with E-state index in [2.05, 4.69) is 5.32 Å². The van der Waals surface area contributed by atoms with Crippen LogP contribution in [0.25, 0.3) is 0 Å². The normalized spacial score (nSPS) is 12.1. The van der Waals surface area contributed by atoms with Gasteiger partial charge in [-0.3, -0.25) is 0 Å². The molecule has 0 fully saturated rings. The topological polar surface area (TPSA) is 77.0 Å². The van der Waals surface area contributed by atoms with Crippen molar-refractivity contribution in [1.82, 2.24) is 5.32 Å². The fraction of sp³-hybridized carbons (Fsp3) is 0.500. The van der Waals surface area contributed by atoms with Gasteiger partial charge in [0, 0.05) is 27.3 Å². The highest BCUT2D eigenvalue weighted by atomic mass is 16.5. The number of benzene rings is 1. The maximum absolute atomic E-state index is 10.8. The van der Waals surface area contributed by atoms with Gasteiger partial charge >= 0.3 is 5.97 Å². The molecular formula is C14H21NO5. The largest absolute Gasteiger partial charge is 0.492 e. The van der Waals surface area contributed by atoms with E-state index in [1.165, 1.54) is 12.1 Å². The Labute approximate surface area is 118 Å². The molecule has 20 heavy (non-hydrogen) atoms. The molecule has 1 rings (SSSR count). The molecule has 0 aliphatic rings. The minimum absolute atomic E-state index is 0.00957. The lowest BCUT2D eigenvalue weighted by Gasteiger charge is -2.15. The first-order valence-corrected chi connectivity index (χ1v) is 6.36. The molecule has 6 nitrogen and oxygen atoms in total. The predicted octanol–water partition coefficient (Wildman–Crippen LogP) is 1.01. The summed E-state index contributed by atoms with van der Waals surface area (Å²) in [7, 11) is 3.27. The SMILES string of the molecule is COCC(CNCCOc1cccc(C(=O)O)c1)OC. The smallest absolute Gasteiger partial charge is 0.335 e. The zero-order valence-electron chi connectivity index (χ0n) is 11.8. The van der Waals surface area contributed by atoms with Crippen molar-refractivity contribution in [3.05, 3.63) is 29.8 Å². The molecule has 1 unspecified atom stereocenters. The summed E-state index contributed by atoms with van der Waals surface area (Å²) in [5.41, 5.74) is 0.218. The first-order chi connectivity index (χ1) is 9.67. The number of hydrogen-bond donors (Lipinski definition) is 2. The van der Waals surface area contributed by atoms with E-state index in [4.69, 9.17) is 19.3 Å². The lowest BCUT2D eigenvalue weighted by Crippen LogP contribution is -2.34. The van der Waals surface area contributed by atoms with Crippen molar-refractivity contribution in [3.63, 3.8) is 0 Å². The fourth-order valence-electron chi connectivity index (χ4n) is 1.62. The van der Waals surface area contributed by atoms with E-state index >= 15 is 0 Å². The Morgan fingerprint density at radius 1 is 1.40 bits per heavy atom. The van der Waals surface area contributed by atoms with Crippen LogP contribution in [0.5, 0.6) is 5.75 Å². The molecule has 0 saturated carbocycles. The number of rotatable bonds is 10. The second kappa shape index (κ2) is 9.30. The van der Waals surface area contributed by atoms with Gasteiger partial charge < -0.3 is 24.6 Å². The van der Waals surface area contributed by atoms with Gasteiger partial charge in [0.15, 0.2) is 0 Å². The highest BCUT2D eigenvalue weighted by Gasteiger charge is 2.06. The fourth-order valence-corrected chi connectivity index (χ4v) is 1.62. The van der Waals surface area contributed by atoms with Crippen molar-refractivity contribution in [2.75, 3.05) is 40.5 Å². The van der Waals surface area contributed by atoms with Gasteiger partial charge in [0.25, 0.3) is 0 Å². The van der Waals surface area contributed by atoms with E-state index in [9.17, 15) is 4.79 Å². The number of carbonyl (C=O) groups is 1. The van der Waals surface area contributed by atoms with E-state index in [1.54, 1.807) is 26.4 Å². The van der Waals surface area contributed by atoms with E-state index in [0.29, 0.717) is 32.1 Å². The van der Waals surface area contributed by atoms with Gasteiger partial charge in [-0.05, 0) is 18.2 Å². The van der Waals surface area contributed by atoms with Crippen LogP contribution in [0.4, 0.5) is 0 Å². The minimum atomic E-state index is -0.962. The van der Waals surface area contributed by atoms with Gasteiger partial charge in [-0.1, -0.05) is 6.07 Å². The molecule has 1 aromatic rings. The number of carboxylic acid groups (broad SMARTS) is 1. The summed E-state index contributed by atoms with van der Waals surface area (Å²) in [5.74, 6) is -0.414. The van der Waals surface area contributed by atoms with Gasteiger partial charge in [0.2, 0.25) is 0 Å². The zero-order chi connectivity index (χ0) is 14.8. The van der Waals surface area contributed by atoms with E-state index in [0.717, 1.165) is 0 Å². The van der Waals surface area contributed by atoms with E-state index in [1.807, 2.05) is 0 Å². The lowest BCUT2D eigenvalue weighted by atomic mass is 10.2. The Morgan fingerprint density at radius 3 is 2.85 bits per heavy atom. The van der Waals surface area contributed by atoms with Crippen molar-refractivity contribution in [1.29, 1.82) is 0 Å². The number of nitrogens with one attached hydrogen (secondary N) is 1. The van der Waals surface area contributed by atoms with Crippen LogP contribution in [0.3, 0.4) is 0 Å². The molecule has 0 saturated heterocycles. The van der Waals surface area contributed by atoms with Crippen LogP contribution < -0.4 is 10.1 Å². The number of ether oxygens (including phenoxy) is 3. The van der Waals surface area contributed by atoms with Crippen LogP contribution >= 0.6 is 0 Å². The van der Waals surface area contributed by atoms with Crippen LogP contribution in [0.1, 0.15) is 10.4 Å². The Morgan fingerprint density at radius 2 is 2.20 bits per heavy atom. The average Bonchev–Trinajstić information content (AvgIpc) is 2.46. The Balaban J connectivity index is 2.24. The minimum Gasteiger partial charge on any atom is -0.492 e. The summed E-state index contributed by atoms with van der Waals surface area (Å²) in [6, 6.07) is 6.42. The predicted molar refractivity (Wildman–Crippen MR) is 74.4 cm³/mol. The third-order valence-corrected chi connectivity index (χ3v) is 2.69. The molecule has 0 heterocycles. The molecule has 0 amide bonds. The molecular weight excluding hydrogens is 262 g/mol. The van der Waals surface area contributed by atoms with Crippen LogP contribution in [-0.4, -0.2) is 57.7 Å². The molecule has 1 atom stereocenters. The van der Waals surface area contributed by atoms with Crippen LogP contribution in [0, 0.1) is 0 Å². The van der Waals surface area contributed by atoms with Crippen LogP contribution in [-0.2, 0) is 9.47 Å². The van der Waals surface area contributed by atoms with Gasteiger partial charge in [0.05, 0.1) is 18.3 Å². The molecule has 112 valence electrons. The summed E-state index contributed by atoms with van der Waals surface area (Å²) in [6.07, 6.45) is 0.00957. The van der Waals surface area contributed by atoms with E-state index < -0.39 is 5.97 Å². The summed E-state index contributed by atoms with van der Waals surface area (Å²) in [5, 5.41) is 12.0. The number of aromatic carboxylic acids is 1. The molecule has 6 heteroatoms. The maximum Gasteiger partial charge on any atom is 0.335 e. The molecule has 1 aromatic carbocycles. The van der Waals surface area contributed by atoms with E-state index in [-0.39, 0.29) is 11.7 Å². The highest BCUT2D eigenvalue weighted by Crippen LogP contribution is 2.12. The maximum atomic E-state index is 10.8. The molecule has 0 bridgehead atoms. The second-order valence-electron chi connectivity index (χ2n) is 4.20. The average molecular weight is 283 g/mol. The Bertz CT molecular complexity index is 410. The first kappa shape index (κ1) is 16.4. The number of carboxylic acids is 1.